The van der Waals surface area contributed by atoms with E-state index in [0.717, 1.165) is 10.9 Å². The lowest BCUT2D eigenvalue weighted by Crippen LogP contribution is -2.44. The first-order chi connectivity index (χ1) is 15.0. The number of hydrogen-bond donors (Lipinski definition) is 2. The SMILES string of the molecule is C[C@@H]1NC(=O)c2cc3ccc(C(=O)Nc4cnn(Cc5ccccc5)c4)nc3n2[C@H]1C. The van der Waals surface area contributed by atoms with Crippen LogP contribution in [0.3, 0.4) is 0 Å². The van der Waals surface area contributed by atoms with E-state index < -0.39 is 0 Å². The molecule has 31 heavy (non-hydrogen) atoms. The van der Waals surface area contributed by atoms with E-state index >= 15 is 0 Å². The molecule has 8 heteroatoms. The van der Waals surface area contributed by atoms with Crippen LogP contribution in [0.25, 0.3) is 11.0 Å². The highest BCUT2D eigenvalue weighted by atomic mass is 16.2. The van der Waals surface area contributed by atoms with Crippen LogP contribution >= 0.6 is 0 Å². The zero-order valence-electron chi connectivity index (χ0n) is 17.2. The Labute approximate surface area is 178 Å². The zero-order valence-corrected chi connectivity index (χ0v) is 17.2. The van der Waals surface area contributed by atoms with Gasteiger partial charge in [0.1, 0.15) is 17.0 Å². The fraction of sp³-hybridized carbons (Fsp3) is 0.217. The van der Waals surface area contributed by atoms with Crippen molar-refractivity contribution in [2.45, 2.75) is 32.5 Å². The number of hydrogen-bond acceptors (Lipinski definition) is 4. The molecule has 0 bridgehead atoms. The highest BCUT2D eigenvalue weighted by Gasteiger charge is 2.30. The molecule has 0 spiro atoms. The monoisotopic (exact) mass is 414 g/mol. The summed E-state index contributed by atoms with van der Waals surface area (Å²) >= 11 is 0. The van der Waals surface area contributed by atoms with E-state index in [2.05, 4.69) is 20.7 Å². The van der Waals surface area contributed by atoms with Crippen molar-refractivity contribution in [2.75, 3.05) is 5.32 Å². The minimum absolute atomic E-state index is 0.0228. The molecule has 156 valence electrons. The van der Waals surface area contributed by atoms with E-state index in [1.165, 1.54) is 0 Å². The highest BCUT2D eigenvalue weighted by Crippen LogP contribution is 2.28. The number of pyridine rings is 1. The summed E-state index contributed by atoms with van der Waals surface area (Å²) < 4.78 is 3.68. The molecule has 1 aliphatic rings. The number of aromatic nitrogens is 4. The molecular formula is C23H22N6O2. The topological polar surface area (TPSA) is 93.8 Å². The average molecular weight is 414 g/mol. The second kappa shape index (κ2) is 7.39. The first-order valence-electron chi connectivity index (χ1n) is 10.2. The van der Waals surface area contributed by atoms with Gasteiger partial charge in [-0.1, -0.05) is 30.3 Å². The molecular weight excluding hydrogens is 392 g/mol. The van der Waals surface area contributed by atoms with Crippen molar-refractivity contribution in [1.82, 2.24) is 24.6 Å². The number of nitrogens with one attached hydrogen (secondary N) is 2. The molecule has 8 nitrogen and oxygen atoms in total. The fourth-order valence-corrected chi connectivity index (χ4v) is 3.91. The van der Waals surface area contributed by atoms with Crippen LogP contribution in [0, 0.1) is 0 Å². The quantitative estimate of drug-likeness (QED) is 0.536. The van der Waals surface area contributed by atoms with Gasteiger partial charge in [0.2, 0.25) is 0 Å². The molecule has 2 N–H and O–H groups in total. The van der Waals surface area contributed by atoms with Gasteiger partial charge < -0.3 is 15.2 Å². The summed E-state index contributed by atoms with van der Waals surface area (Å²) in [6, 6.07) is 15.3. The first-order valence-corrected chi connectivity index (χ1v) is 10.2. The van der Waals surface area contributed by atoms with Gasteiger partial charge in [-0.25, -0.2) is 4.98 Å². The van der Waals surface area contributed by atoms with Gasteiger partial charge in [-0.05, 0) is 37.6 Å². The molecule has 1 aliphatic heterocycles. The van der Waals surface area contributed by atoms with Crippen LogP contribution in [0.2, 0.25) is 0 Å². The summed E-state index contributed by atoms with van der Waals surface area (Å²) in [7, 11) is 0. The number of fused-ring (bicyclic) bond motifs is 3. The van der Waals surface area contributed by atoms with Crippen molar-refractivity contribution in [3.05, 3.63) is 77.9 Å². The van der Waals surface area contributed by atoms with Crippen LogP contribution in [-0.4, -0.2) is 37.2 Å². The molecule has 3 aromatic heterocycles. The molecule has 5 rings (SSSR count). The lowest BCUT2D eigenvalue weighted by molar-refractivity contribution is 0.0891. The maximum absolute atomic E-state index is 12.8. The van der Waals surface area contributed by atoms with Crippen molar-refractivity contribution in [3.8, 4) is 0 Å². The molecule has 0 aliphatic carbocycles. The van der Waals surface area contributed by atoms with Crippen molar-refractivity contribution in [1.29, 1.82) is 0 Å². The summed E-state index contributed by atoms with van der Waals surface area (Å²) in [4.78, 5) is 29.8. The molecule has 0 radical (unpaired) electrons. The molecule has 1 aromatic carbocycles. The van der Waals surface area contributed by atoms with Crippen LogP contribution in [-0.2, 0) is 6.54 Å². The smallest absolute Gasteiger partial charge is 0.274 e. The van der Waals surface area contributed by atoms with Crippen molar-refractivity contribution < 1.29 is 9.59 Å². The summed E-state index contributed by atoms with van der Waals surface area (Å²) in [5.41, 5.74) is 3.21. The highest BCUT2D eigenvalue weighted by molar-refractivity contribution is 6.05. The number of carbonyl (C=O) groups is 2. The predicted molar refractivity (Wildman–Crippen MR) is 117 cm³/mol. The van der Waals surface area contributed by atoms with E-state index in [1.54, 1.807) is 23.1 Å². The fourth-order valence-electron chi connectivity index (χ4n) is 3.91. The van der Waals surface area contributed by atoms with Gasteiger partial charge >= 0.3 is 0 Å². The second-order valence-corrected chi connectivity index (χ2v) is 7.88. The van der Waals surface area contributed by atoms with Crippen molar-refractivity contribution >= 4 is 28.5 Å². The Hall–Kier alpha value is -3.94. The van der Waals surface area contributed by atoms with E-state index in [4.69, 9.17) is 0 Å². The lowest BCUT2D eigenvalue weighted by atomic mass is 10.1. The van der Waals surface area contributed by atoms with Gasteiger partial charge in [0.15, 0.2) is 0 Å². The third-order valence-electron chi connectivity index (χ3n) is 5.72. The predicted octanol–water partition coefficient (Wildman–Crippen LogP) is 3.23. The number of amides is 2. The molecule has 4 heterocycles. The Bertz CT molecular complexity index is 1290. The van der Waals surface area contributed by atoms with Crippen molar-refractivity contribution in [2.24, 2.45) is 0 Å². The number of anilines is 1. The average Bonchev–Trinajstić information content (AvgIpc) is 3.37. The summed E-state index contributed by atoms with van der Waals surface area (Å²) in [5.74, 6) is -0.446. The Morgan fingerprint density at radius 2 is 1.97 bits per heavy atom. The van der Waals surface area contributed by atoms with Crippen LogP contribution < -0.4 is 10.6 Å². The minimum Gasteiger partial charge on any atom is -0.346 e. The Morgan fingerprint density at radius 1 is 1.16 bits per heavy atom. The molecule has 2 atom stereocenters. The lowest BCUT2D eigenvalue weighted by Gasteiger charge is -2.29. The number of nitrogens with zero attached hydrogens (tertiary/aromatic N) is 4. The van der Waals surface area contributed by atoms with E-state index in [9.17, 15) is 9.59 Å². The zero-order chi connectivity index (χ0) is 21.5. The van der Waals surface area contributed by atoms with Gasteiger partial charge in [0, 0.05) is 17.6 Å². The van der Waals surface area contributed by atoms with Crippen molar-refractivity contribution in [3.63, 3.8) is 0 Å². The van der Waals surface area contributed by atoms with Gasteiger partial charge in [-0.2, -0.15) is 5.10 Å². The maximum atomic E-state index is 12.8. The molecule has 0 unspecified atom stereocenters. The van der Waals surface area contributed by atoms with Gasteiger partial charge in [0.25, 0.3) is 11.8 Å². The van der Waals surface area contributed by atoms with Gasteiger partial charge in [0.05, 0.1) is 24.5 Å². The van der Waals surface area contributed by atoms with Gasteiger partial charge in [-0.15, -0.1) is 0 Å². The van der Waals surface area contributed by atoms with E-state index in [0.29, 0.717) is 23.6 Å². The second-order valence-electron chi connectivity index (χ2n) is 7.88. The number of rotatable bonds is 4. The third-order valence-corrected chi connectivity index (χ3v) is 5.72. The Balaban J connectivity index is 1.39. The van der Waals surface area contributed by atoms with Crippen LogP contribution in [0.1, 0.15) is 46.4 Å². The molecule has 0 fully saturated rings. The standard InChI is InChI=1S/C23H22N6O2/c1-14-15(2)29-20(23(31)25-14)10-17-8-9-19(27-21(17)29)22(30)26-18-11-24-28(13-18)12-16-6-4-3-5-7-16/h3-11,13-15H,12H2,1-2H3,(H,25,31)(H,26,30)/t14-,15-/m0/s1. The summed E-state index contributed by atoms with van der Waals surface area (Å²) in [6.45, 7) is 4.61. The molecule has 2 amide bonds. The Kier molecular flexibility index (Phi) is 4.54. The van der Waals surface area contributed by atoms with Crippen LogP contribution in [0.15, 0.2) is 60.9 Å². The molecule has 0 saturated heterocycles. The number of benzene rings is 1. The third kappa shape index (κ3) is 3.46. The molecule has 0 saturated carbocycles. The summed E-state index contributed by atoms with van der Waals surface area (Å²) in [6.07, 6.45) is 3.41. The van der Waals surface area contributed by atoms with Crippen LogP contribution in [0.5, 0.6) is 0 Å². The maximum Gasteiger partial charge on any atom is 0.274 e. The summed E-state index contributed by atoms with van der Waals surface area (Å²) in [5, 5.41) is 11.0. The normalized spacial score (nSPS) is 17.9. The number of carbonyl (C=O) groups excluding carboxylic acids is 2. The Morgan fingerprint density at radius 3 is 2.77 bits per heavy atom. The van der Waals surface area contributed by atoms with Crippen LogP contribution in [0.4, 0.5) is 5.69 Å². The first kappa shape index (κ1) is 19.0. The van der Waals surface area contributed by atoms with E-state index in [-0.39, 0.29) is 29.6 Å². The van der Waals surface area contributed by atoms with E-state index in [1.807, 2.05) is 60.9 Å². The minimum atomic E-state index is -0.322. The molecule has 4 aromatic rings. The van der Waals surface area contributed by atoms with Gasteiger partial charge in [-0.3, -0.25) is 14.3 Å². The largest absolute Gasteiger partial charge is 0.346 e.